The molecule has 1 aromatic rings. The largest absolute Gasteiger partial charge is 0.305 e. The highest BCUT2D eigenvalue weighted by Crippen LogP contribution is 2.53. The molecule has 0 radical (unpaired) electrons. The third kappa shape index (κ3) is 2.58. The highest BCUT2D eigenvalue weighted by Gasteiger charge is 2.57. The van der Waals surface area contributed by atoms with Crippen LogP contribution in [0.5, 0.6) is 0 Å². The summed E-state index contributed by atoms with van der Waals surface area (Å²) in [6.45, 7) is 4.46. The summed E-state index contributed by atoms with van der Waals surface area (Å²) >= 11 is 0. The highest BCUT2D eigenvalue weighted by atomic mass is 15.1. The minimum Gasteiger partial charge on any atom is -0.305 e. The minimum atomic E-state index is -1.64. The summed E-state index contributed by atoms with van der Waals surface area (Å²) in [5, 5.41) is 38.1. The fraction of sp³-hybridized carbons (Fsp3) is 0.450. The van der Waals surface area contributed by atoms with Gasteiger partial charge in [-0.15, -0.1) is 0 Å². The zero-order valence-electron chi connectivity index (χ0n) is 14.7. The summed E-state index contributed by atoms with van der Waals surface area (Å²) in [5.74, 6) is -1.43. The van der Waals surface area contributed by atoms with E-state index < -0.39 is 17.3 Å². The third-order valence-corrected chi connectivity index (χ3v) is 5.47. The number of fused-ring (bicyclic) bond motifs is 1. The Kier molecular flexibility index (Phi) is 4.85. The molecule has 1 N–H and O–H groups in total. The van der Waals surface area contributed by atoms with Gasteiger partial charge in [-0.05, 0) is 36.2 Å². The predicted octanol–water partition coefficient (Wildman–Crippen LogP) is 2.64. The van der Waals surface area contributed by atoms with Gasteiger partial charge in [-0.1, -0.05) is 13.0 Å². The maximum absolute atomic E-state index is 9.95. The van der Waals surface area contributed by atoms with Crippen molar-refractivity contribution in [2.45, 2.75) is 19.3 Å². The lowest BCUT2D eigenvalue weighted by Crippen LogP contribution is -2.52. The molecule has 26 heavy (non-hydrogen) atoms. The van der Waals surface area contributed by atoms with Gasteiger partial charge in [-0.2, -0.15) is 15.8 Å². The topological polar surface area (TPSA) is 111 Å². The van der Waals surface area contributed by atoms with Gasteiger partial charge in [0, 0.05) is 37.3 Å². The van der Waals surface area contributed by atoms with Crippen molar-refractivity contribution in [2.24, 2.45) is 17.3 Å². The van der Waals surface area contributed by atoms with Crippen LogP contribution >= 0.6 is 0 Å². The van der Waals surface area contributed by atoms with E-state index in [0.29, 0.717) is 6.54 Å². The van der Waals surface area contributed by atoms with E-state index in [1.54, 1.807) is 12.4 Å². The van der Waals surface area contributed by atoms with Crippen molar-refractivity contribution in [3.8, 4) is 18.2 Å². The SMILES string of the molecule is CCCN1CC=C2C(C#N)C(=N)C(C#N)(C#N)[C@@H](c3ccncc3)[C@@H]2C1. The van der Waals surface area contributed by atoms with Crippen molar-refractivity contribution in [1.29, 1.82) is 21.2 Å². The van der Waals surface area contributed by atoms with Crippen molar-refractivity contribution >= 4 is 5.71 Å². The second-order valence-corrected chi connectivity index (χ2v) is 6.84. The molecule has 0 aromatic carbocycles. The van der Waals surface area contributed by atoms with Gasteiger partial charge in [0.05, 0.1) is 23.9 Å². The molecule has 6 nitrogen and oxygen atoms in total. The Morgan fingerprint density at radius 1 is 1.27 bits per heavy atom. The average molecular weight is 344 g/mol. The van der Waals surface area contributed by atoms with Gasteiger partial charge >= 0.3 is 0 Å². The van der Waals surface area contributed by atoms with E-state index in [0.717, 1.165) is 30.6 Å². The normalized spacial score (nSPS) is 27.4. The molecule has 6 heteroatoms. The molecule has 0 saturated heterocycles. The Bertz CT molecular complexity index is 837. The van der Waals surface area contributed by atoms with E-state index in [4.69, 9.17) is 5.41 Å². The van der Waals surface area contributed by atoms with Gasteiger partial charge < -0.3 is 5.41 Å². The lowest BCUT2D eigenvalue weighted by molar-refractivity contribution is 0.204. The Morgan fingerprint density at radius 2 is 1.96 bits per heavy atom. The molecule has 130 valence electrons. The first-order chi connectivity index (χ1) is 12.6. The number of pyridine rings is 1. The molecule has 1 aromatic heterocycles. The number of nitrogens with one attached hydrogen (secondary N) is 1. The van der Waals surface area contributed by atoms with Crippen LogP contribution in [0.2, 0.25) is 0 Å². The maximum Gasteiger partial charge on any atom is 0.189 e. The van der Waals surface area contributed by atoms with Crippen LogP contribution in [-0.4, -0.2) is 35.2 Å². The fourth-order valence-corrected chi connectivity index (χ4v) is 4.31. The van der Waals surface area contributed by atoms with Gasteiger partial charge in [0.2, 0.25) is 0 Å². The van der Waals surface area contributed by atoms with Gasteiger partial charge in [0.15, 0.2) is 5.41 Å². The second-order valence-electron chi connectivity index (χ2n) is 6.84. The molecule has 2 heterocycles. The third-order valence-electron chi connectivity index (χ3n) is 5.47. The lowest BCUT2D eigenvalue weighted by atomic mass is 9.54. The zero-order chi connectivity index (χ0) is 18.7. The van der Waals surface area contributed by atoms with Crippen molar-refractivity contribution in [1.82, 2.24) is 9.88 Å². The molecule has 0 spiro atoms. The summed E-state index contributed by atoms with van der Waals surface area (Å²) in [5.41, 5.74) is -0.0385. The molecule has 0 bridgehead atoms. The number of nitrogens with zero attached hydrogens (tertiary/aromatic N) is 5. The first kappa shape index (κ1) is 17.8. The fourth-order valence-electron chi connectivity index (χ4n) is 4.31. The van der Waals surface area contributed by atoms with E-state index in [9.17, 15) is 15.8 Å². The number of hydrogen-bond donors (Lipinski definition) is 1. The van der Waals surface area contributed by atoms with Crippen molar-refractivity contribution in [2.75, 3.05) is 19.6 Å². The summed E-state index contributed by atoms with van der Waals surface area (Å²) in [6, 6.07) is 10.0. The van der Waals surface area contributed by atoms with E-state index in [1.807, 2.05) is 18.2 Å². The molecule has 1 aliphatic carbocycles. The van der Waals surface area contributed by atoms with E-state index in [1.165, 1.54) is 0 Å². The van der Waals surface area contributed by atoms with Crippen molar-refractivity contribution in [3.63, 3.8) is 0 Å². The Hall–Kier alpha value is -3.01. The van der Waals surface area contributed by atoms with Crippen LogP contribution in [-0.2, 0) is 0 Å². The van der Waals surface area contributed by atoms with Crippen LogP contribution in [0.15, 0.2) is 36.2 Å². The number of rotatable bonds is 3. The molecule has 1 fully saturated rings. The van der Waals surface area contributed by atoms with Crippen molar-refractivity contribution < 1.29 is 0 Å². The molecular formula is C20H20N6. The first-order valence-electron chi connectivity index (χ1n) is 8.76. The van der Waals surface area contributed by atoms with E-state index in [-0.39, 0.29) is 11.6 Å². The maximum atomic E-state index is 9.95. The molecule has 3 atom stereocenters. The van der Waals surface area contributed by atoms with E-state index in [2.05, 4.69) is 35.0 Å². The van der Waals surface area contributed by atoms with Crippen LogP contribution in [0.25, 0.3) is 0 Å². The van der Waals surface area contributed by atoms with Gasteiger partial charge in [0.25, 0.3) is 0 Å². The summed E-state index contributed by atoms with van der Waals surface area (Å²) < 4.78 is 0. The highest BCUT2D eigenvalue weighted by molar-refractivity contribution is 6.00. The Labute approximate surface area is 153 Å². The smallest absolute Gasteiger partial charge is 0.189 e. The lowest BCUT2D eigenvalue weighted by Gasteiger charge is -2.47. The summed E-state index contributed by atoms with van der Waals surface area (Å²) in [4.78, 5) is 6.32. The molecule has 3 rings (SSSR count). The summed E-state index contributed by atoms with van der Waals surface area (Å²) in [7, 11) is 0. The zero-order valence-corrected chi connectivity index (χ0v) is 14.7. The minimum absolute atomic E-state index is 0.0988. The van der Waals surface area contributed by atoms with Gasteiger partial charge in [0.1, 0.15) is 5.92 Å². The number of hydrogen-bond acceptors (Lipinski definition) is 6. The molecule has 0 amide bonds. The van der Waals surface area contributed by atoms with Gasteiger partial charge in [-0.25, -0.2) is 0 Å². The van der Waals surface area contributed by atoms with Crippen LogP contribution in [0.1, 0.15) is 24.8 Å². The van der Waals surface area contributed by atoms with Crippen LogP contribution in [0.4, 0.5) is 0 Å². The van der Waals surface area contributed by atoms with Crippen LogP contribution in [0, 0.1) is 56.7 Å². The second kappa shape index (κ2) is 7.08. The molecule has 1 aliphatic heterocycles. The van der Waals surface area contributed by atoms with Crippen molar-refractivity contribution in [3.05, 3.63) is 41.7 Å². The number of nitriles is 3. The van der Waals surface area contributed by atoms with Gasteiger partial charge in [-0.3, -0.25) is 9.88 Å². The molecule has 2 aliphatic rings. The number of aromatic nitrogens is 1. The average Bonchev–Trinajstić information content (AvgIpc) is 2.68. The monoisotopic (exact) mass is 344 g/mol. The predicted molar refractivity (Wildman–Crippen MR) is 95.8 cm³/mol. The molecule has 1 unspecified atom stereocenters. The molecular weight excluding hydrogens is 324 g/mol. The van der Waals surface area contributed by atoms with Crippen LogP contribution in [0.3, 0.4) is 0 Å². The molecule has 1 saturated carbocycles. The van der Waals surface area contributed by atoms with E-state index >= 15 is 0 Å². The first-order valence-corrected chi connectivity index (χ1v) is 8.76. The van der Waals surface area contributed by atoms with Crippen LogP contribution < -0.4 is 0 Å². The Morgan fingerprint density at radius 3 is 2.54 bits per heavy atom. The standard InChI is InChI=1S/C20H20N6/c1-2-8-26-9-5-15-16(10-21)19(24)20(12-22,13-23)18(17(15)11-26)14-3-6-25-7-4-14/h3-7,16-18,24H,2,8-9,11H2,1H3/t16?,17-,18+/m1/s1. The quantitative estimate of drug-likeness (QED) is 0.847. The summed E-state index contributed by atoms with van der Waals surface area (Å²) in [6.07, 6.45) is 6.32. The Balaban J connectivity index is 2.20.